The molecular weight excluding hydrogens is 230 g/mol. The Morgan fingerprint density at radius 3 is 2.61 bits per heavy atom. The lowest BCUT2D eigenvalue weighted by Gasteiger charge is -2.19. The van der Waals surface area contributed by atoms with Crippen molar-refractivity contribution in [2.24, 2.45) is 5.92 Å². The summed E-state index contributed by atoms with van der Waals surface area (Å²) < 4.78 is 0. The third-order valence-electron chi connectivity index (χ3n) is 3.21. The van der Waals surface area contributed by atoms with E-state index in [9.17, 15) is 9.59 Å². The van der Waals surface area contributed by atoms with Crippen LogP contribution in [0.2, 0.25) is 0 Å². The van der Waals surface area contributed by atoms with Gasteiger partial charge in [-0.05, 0) is 30.9 Å². The Bertz CT molecular complexity index is 466. The maximum atomic E-state index is 11.8. The van der Waals surface area contributed by atoms with Crippen molar-refractivity contribution < 1.29 is 14.7 Å². The van der Waals surface area contributed by atoms with E-state index in [0.717, 1.165) is 24.0 Å². The molecule has 0 unspecified atom stereocenters. The number of rotatable bonds is 5. The number of carboxylic acids is 1. The molecule has 0 aliphatic heterocycles. The van der Waals surface area contributed by atoms with Gasteiger partial charge in [0.15, 0.2) is 0 Å². The topological polar surface area (TPSA) is 66.4 Å². The van der Waals surface area contributed by atoms with Crippen molar-refractivity contribution in [3.05, 3.63) is 35.4 Å². The second-order valence-electron chi connectivity index (χ2n) is 4.79. The minimum absolute atomic E-state index is 0.0236. The molecule has 1 aromatic rings. The first kappa shape index (κ1) is 12.6. The van der Waals surface area contributed by atoms with Gasteiger partial charge in [0.2, 0.25) is 5.91 Å². The number of carbonyl (C=O) groups excluding carboxylic acids is 1. The Morgan fingerprint density at radius 2 is 2.06 bits per heavy atom. The highest BCUT2D eigenvalue weighted by Crippen LogP contribution is 2.30. The molecule has 1 atom stereocenters. The molecule has 1 aliphatic carbocycles. The summed E-state index contributed by atoms with van der Waals surface area (Å²) in [5.41, 5.74) is 1.88. The summed E-state index contributed by atoms with van der Waals surface area (Å²) in [6.07, 6.45) is 1.75. The quantitative estimate of drug-likeness (QED) is 0.836. The largest absolute Gasteiger partial charge is 0.481 e. The number of carbonyl (C=O) groups is 2. The Hall–Kier alpha value is -1.84. The van der Waals surface area contributed by atoms with Crippen molar-refractivity contribution in [1.29, 1.82) is 0 Å². The molecular formula is C14H17NO3. The van der Waals surface area contributed by atoms with E-state index in [1.807, 2.05) is 31.2 Å². The summed E-state index contributed by atoms with van der Waals surface area (Å²) in [4.78, 5) is 22.7. The van der Waals surface area contributed by atoms with Crippen molar-refractivity contribution in [3.8, 4) is 0 Å². The Labute approximate surface area is 106 Å². The number of hydrogen-bond donors (Lipinski definition) is 2. The van der Waals surface area contributed by atoms with E-state index >= 15 is 0 Å². The van der Waals surface area contributed by atoms with Crippen molar-refractivity contribution in [3.63, 3.8) is 0 Å². The third-order valence-corrected chi connectivity index (χ3v) is 3.21. The first-order chi connectivity index (χ1) is 8.58. The zero-order chi connectivity index (χ0) is 13.1. The molecule has 0 saturated heterocycles. The Morgan fingerprint density at radius 1 is 1.39 bits per heavy atom. The summed E-state index contributed by atoms with van der Waals surface area (Å²) in [6, 6.07) is 7.13. The number of aliphatic carboxylic acids is 1. The molecule has 0 heterocycles. The van der Waals surface area contributed by atoms with Crippen LogP contribution < -0.4 is 5.32 Å². The molecule has 1 aromatic carbocycles. The van der Waals surface area contributed by atoms with Gasteiger partial charge in [0.1, 0.15) is 0 Å². The molecule has 18 heavy (non-hydrogen) atoms. The lowest BCUT2D eigenvalue weighted by molar-refractivity contribution is -0.137. The average molecular weight is 247 g/mol. The SMILES string of the molecule is Cc1ccccc1[C@@H](CC(=O)O)NC(=O)C1CC1. The second-order valence-corrected chi connectivity index (χ2v) is 4.79. The Kier molecular flexibility index (Phi) is 3.65. The van der Waals surface area contributed by atoms with Gasteiger partial charge >= 0.3 is 5.97 Å². The van der Waals surface area contributed by atoms with Crippen molar-refractivity contribution in [2.45, 2.75) is 32.2 Å². The van der Waals surface area contributed by atoms with E-state index in [-0.39, 0.29) is 18.2 Å². The molecule has 2 N–H and O–H groups in total. The van der Waals surface area contributed by atoms with Gasteiger partial charge in [-0.15, -0.1) is 0 Å². The number of nitrogens with one attached hydrogen (secondary N) is 1. The van der Waals surface area contributed by atoms with Crippen molar-refractivity contribution in [2.75, 3.05) is 0 Å². The van der Waals surface area contributed by atoms with Gasteiger partial charge in [-0.25, -0.2) is 0 Å². The lowest BCUT2D eigenvalue weighted by atomic mass is 9.98. The van der Waals surface area contributed by atoms with Crippen LogP contribution >= 0.6 is 0 Å². The maximum Gasteiger partial charge on any atom is 0.305 e. The molecule has 2 rings (SSSR count). The molecule has 4 heteroatoms. The number of aryl methyl sites for hydroxylation is 1. The molecule has 0 bridgehead atoms. The van der Waals surface area contributed by atoms with E-state index in [4.69, 9.17) is 5.11 Å². The van der Waals surface area contributed by atoms with Gasteiger partial charge in [-0.2, -0.15) is 0 Å². The third kappa shape index (κ3) is 3.09. The molecule has 96 valence electrons. The predicted octanol–water partition coefficient (Wildman–Crippen LogP) is 2.04. The lowest BCUT2D eigenvalue weighted by Crippen LogP contribution is -2.31. The average Bonchev–Trinajstić information content (AvgIpc) is 3.11. The summed E-state index contributed by atoms with van der Waals surface area (Å²) >= 11 is 0. The summed E-state index contributed by atoms with van der Waals surface area (Å²) in [5, 5.41) is 11.8. The fourth-order valence-corrected chi connectivity index (χ4v) is 2.03. The van der Waals surface area contributed by atoms with Gasteiger partial charge in [0, 0.05) is 5.92 Å². The van der Waals surface area contributed by atoms with E-state index in [0.29, 0.717) is 0 Å². The van der Waals surface area contributed by atoms with Crippen LogP contribution in [0.15, 0.2) is 24.3 Å². The minimum Gasteiger partial charge on any atom is -0.481 e. The van der Waals surface area contributed by atoms with Crippen LogP contribution in [0, 0.1) is 12.8 Å². The zero-order valence-corrected chi connectivity index (χ0v) is 10.3. The highest BCUT2D eigenvalue weighted by atomic mass is 16.4. The standard InChI is InChI=1S/C14H17NO3/c1-9-4-2-3-5-11(9)12(8-13(16)17)15-14(18)10-6-7-10/h2-5,10,12H,6-8H2,1H3,(H,15,18)(H,16,17)/t12-/m1/s1. The normalized spacial score (nSPS) is 16.1. The summed E-state index contributed by atoms with van der Waals surface area (Å²) in [5.74, 6) is -0.839. The fourth-order valence-electron chi connectivity index (χ4n) is 2.03. The van der Waals surface area contributed by atoms with E-state index in [1.54, 1.807) is 0 Å². The van der Waals surface area contributed by atoms with Crippen LogP contribution in [0.4, 0.5) is 0 Å². The van der Waals surface area contributed by atoms with Gasteiger partial charge in [0.25, 0.3) is 0 Å². The minimum atomic E-state index is -0.903. The van der Waals surface area contributed by atoms with E-state index < -0.39 is 12.0 Å². The summed E-state index contributed by atoms with van der Waals surface area (Å²) in [7, 11) is 0. The molecule has 1 amide bonds. The zero-order valence-electron chi connectivity index (χ0n) is 10.3. The fraction of sp³-hybridized carbons (Fsp3) is 0.429. The molecule has 0 radical (unpaired) electrons. The second kappa shape index (κ2) is 5.21. The van der Waals surface area contributed by atoms with Crippen molar-refractivity contribution in [1.82, 2.24) is 5.32 Å². The van der Waals surface area contributed by atoms with Crippen LogP contribution in [0.1, 0.15) is 36.4 Å². The molecule has 1 fully saturated rings. The number of carboxylic acid groups (broad SMARTS) is 1. The molecule has 0 aromatic heterocycles. The van der Waals surface area contributed by atoms with E-state index in [1.165, 1.54) is 0 Å². The number of amides is 1. The highest BCUT2D eigenvalue weighted by Gasteiger charge is 2.31. The molecule has 1 aliphatic rings. The monoisotopic (exact) mass is 247 g/mol. The highest BCUT2D eigenvalue weighted by molar-refractivity contribution is 5.82. The van der Waals surface area contributed by atoms with Crippen molar-refractivity contribution >= 4 is 11.9 Å². The smallest absolute Gasteiger partial charge is 0.305 e. The number of hydrogen-bond acceptors (Lipinski definition) is 2. The molecule has 1 saturated carbocycles. The van der Waals surface area contributed by atoms with Gasteiger partial charge in [0.05, 0.1) is 12.5 Å². The number of benzene rings is 1. The van der Waals surface area contributed by atoms with Crippen LogP contribution in [0.25, 0.3) is 0 Å². The van der Waals surface area contributed by atoms with Gasteiger partial charge in [-0.3, -0.25) is 9.59 Å². The van der Waals surface area contributed by atoms with Crippen LogP contribution in [-0.2, 0) is 9.59 Å². The first-order valence-corrected chi connectivity index (χ1v) is 6.15. The van der Waals surface area contributed by atoms with Gasteiger partial charge < -0.3 is 10.4 Å². The van der Waals surface area contributed by atoms with Crippen LogP contribution in [0.5, 0.6) is 0 Å². The van der Waals surface area contributed by atoms with E-state index in [2.05, 4.69) is 5.32 Å². The first-order valence-electron chi connectivity index (χ1n) is 6.15. The van der Waals surface area contributed by atoms with Gasteiger partial charge in [-0.1, -0.05) is 24.3 Å². The van der Waals surface area contributed by atoms with Crippen LogP contribution in [-0.4, -0.2) is 17.0 Å². The molecule has 4 nitrogen and oxygen atoms in total. The summed E-state index contributed by atoms with van der Waals surface area (Å²) in [6.45, 7) is 1.92. The molecule has 0 spiro atoms. The predicted molar refractivity (Wildman–Crippen MR) is 67.0 cm³/mol. The van der Waals surface area contributed by atoms with Crippen LogP contribution in [0.3, 0.4) is 0 Å². The Balaban J connectivity index is 2.15. The maximum absolute atomic E-state index is 11.8.